The average molecular weight is 191 g/mol. The maximum absolute atomic E-state index is 5.53. The van der Waals surface area contributed by atoms with Crippen LogP contribution >= 0.6 is 0 Å². The van der Waals surface area contributed by atoms with Crippen molar-refractivity contribution in [3.63, 3.8) is 0 Å². The average Bonchev–Trinajstić information content (AvgIpc) is 2.55. The van der Waals surface area contributed by atoms with Crippen molar-refractivity contribution in [2.45, 2.75) is 18.6 Å². The van der Waals surface area contributed by atoms with Gasteiger partial charge in [-0.05, 0) is 25.2 Å². The van der Waals surface area contributed by atoms with Crippen LogP contribution in [0.15, 0.2) is 24.3 Å². The van der Waals surface area contributed by atoms with Crippen molar-refractivity contribution in [2.75, 3.05) is 21.2 Å². The van der Waals surface area contributed by atoms with E-state index >= 15 is 0 Å². The lowest BCUT2D eigenvalue weighted by Gasteiger charge is -2.25. The first kappa shape index (κ1) is 9.69. The Kier molecular flexibility index (Phi) is 2.57. The number of nitrogens with zero attached hydrogens (tertiary/aromatic N) is 1. The van der Waals surface area contributed by atoms with E-state index in [4.69, 9.17) is 4.74 Å². The number of fused-ring (bicyclic) bond motifs is 1. The van der Waals surface area contributed by atoms with Crippen LogP contribution in [0.1, 0.15) is 17.2 Å². The maximum Gasteiger partial charge on any atom is 0.0808 e. The summed E-state index contributed by atoms with van der Waals surface area (Å²) in [6.07, 6.45) is 1.34. The second-order valence-electron chi connectivity index (χ2n) is 4.09. The van der Waals surface area contributed by atoms with Crippen LogP contribution in [0, 0.1) is 0 Å². The third kappa shape index (κ3) is 1.45. The number of benzene rings is 1. The monoisotopic (exact) mass is 191 g/mol. The number of methoxy groups -OCH3 is 1. The summed E-state index contributed by atoms with van der Waals surface area (Å²) in [5.74, 6) is 0. The van der Waals surface area contributed by atoms with Gasteiger partial charge < -0.3 is 9.64 Å². The van der Waals surface area contributed by atoms with E-state index in [1.54, 1.807) is 7.11 Å². The van der Waals surface area contributed by atoms with Gasteiger partial charge >= 0.3 is 0 Å². The van der Waals surface area contributed by atoms with Crippen molar-refractivity contribution in [1.82, 2.24) is 4.90 Å². The van der Waals surface area contributed by atoms with E-state index in [2.05, 4.69) is 43.3 Å². The molecule has 0 saturated heterocycles. The fourth-order valence-electron chi connectivity index (χ4n) is 2.36. The lowest BCUT2D eigenvalue weighted by Crippen LogP contribution is -2.29. The summed E-state index contributed by atoms with van der Waals surface area (Å²) < 4.78 is 5.53. The van der Waals surface area contributed by atoms with Crippen molar-refractivity contribution in [3.8, 4) is 0 Å². The molecule has 0 amide bonds. The first-order valence-electron chi connectivity index (χ1n) is 5.01. The lowest BCUT2D eigenvalue weighted by atomic mass is 10.1. The third-order valence-corrected chi connectivity index (χ3v) is 3.01. The summed E-state index contributed by atoms with van der Waals surface area (Å²) in [7, 11) is 6.02. The lowest BCUT2D eigenvalue weighted by molar-refractivity contribution is 0.0436. The second kappa shape index (κ2) is 3.71. The van der Waals surface area contributed by atoms with Crippen molar-refractivity contribution in [3.05, 3.63) is 35.4 Å². The predicted octanol–water partition coefficient (Wildman–Crippen LogP) is 1.86. The number of rotatable bonds is 2. The highest BCUT2D eigenvalue weighted by Crippen LogP contribution is 2.35. The fourth-order valence-corrected chi connectivity index (χ4v) is 2.36. The Morgan fingerprint density at radius 2 is 2.00 bits per heavy atom. The van der Waals surface area contributed by atoms with Crippen LogP contribution in [0.2, 0.25) is 0 Å². The summed E-state index contributed by atoms with van der Waals surface area (Å²) in [4.78, 5) is 2.24. The third-order valence-electron chi connectivity index (χ3n) is 3.01. The molecule has 2 rings (SSSR count). The quantitative estimate of drug-likeness (QED) is 0.707. The molecule has 14 heavy (non-hydrogen) atoms. The zero-order valence-corrected chi connectivity index (χ0v) is 9.03. The van der Waals surface area contributed by atoms with Gasteiger partial charge in [0, 0.05) is 13.5 Å². The fraction of sp³-hybridized carbons (Fsp3) is 0.500. The standard InChI is InChI=1S/C12H17NO/c1-13(2)12-10-7-5-4-6-9(10)8-11(12)14-3/h4-7,11-12H,8H2,1-3H3/t11-,12+/m1/s1. The molecule has 2 heteroatoms. The second-order valence-corrected chi connectivity index (χ2v) is 4.09. The van der Waals surface area contributed by atoms with E-state index in [1.807, 2.05) is 0 Å². The van der Waals surface area contributed by atoms with E-state index in [0.717, 1.165) is 6.42 Å². The summed E-state index contributed by atoms with van der Waals surface area (Å²) in [5, 5.41) is 0. The Balaban J connectivity index is 2.37. The Morgan fingerprint density at radius 3 is 2.64 bits per heavy atom. The van der Waals surface area contributed by atoms with Crippen LogP contribution in [-0.2, 0) is 11.2 Å². The van der Waals surface area contributed by atoms with Gasteiger partial charge in [0.15, 0.2) is 0 Å². The van der Waals surface area contributed by atoms with E-state index in [9.17, 15) is 0 Å². The van der Waals surface area contributed by atoms with E-state index in [-0.39, 0.29) is 0 Å². The minimum atomic E-state index is 0.308. The Bertz CT molecular complexity index is 322. The molecule has 0 spiro atoms. The highest BCUT2D eigenvalue weighted by Gasteiger charge is 2.33. The van der Waals surface area contributed by atoms with Crippen LogP contribution in [0.3, 0.4) is 0 Å². The van der Waals surface area contributed by atoms with Gasteiger partial charge in [-0.15, -0.1) is 0 Å². The maximum atomic E-state index is 5.53. The molecule has 0 bridgehead atoms. The minimum absolute atomic E-state index is 0.308. The molecular weight excluding hydrogens is 174 g/mol. The largest absolute Gasteiger partial charge is 0.379 e. The SMILES string of the molecule is CO[C@@H]1Cc2ccccc2[C@@H]1N(C)C. The summed E-state index contributed by atoms with van der Waals surface area (Å²) in [6.45, 7) is 0. The van der Waals surface area contributed by atoms with Crippen LogP contribution in [0.4, 0.5) is 0 Å². The Hall–Kier alpha value is -0.860. The summed E-state index contributed by atoms with van der Waals surface area (Å²) in [5.41, 5.74) is 2.85. The molecule has 0 radical (unpaired) electrons. The van der Waals surface area contributed by atoms with Gasteiger partial charge in [-0.1, -0.05) is 24.3 Å². The van der Waals surface area contributed by atoms with Gasteiger partial charge in [0.25, 0.3) is 0 Å². The van der Waals surface area contributed by atoms with Gasteiger partial charge in [-0.25, -0.2) is 0 Å². The van der Waals surface area contributed by atoms with E-state index in [0.29, 0.717) is 12.1 Å². The molecule has 0 saturated carbocycles. The van der Waals surface area contributed by atoms with E-state index in [1.165, 1.54) is 11.1 Å². The molecule has 2 atom stereocenters. The zero-order valence-electron chi connectivity index (χ0n) is 9.03. The molecule has 1 aromatic rings. The number of likely N-dealkylation sites (N-methyl/N-ethyl adjacent to an activating group) is 1. The number of hydrogen-bond donors (Lipinski definition) is 0. The van der Waals surface area contributed by atoms with Crippen molar-refractivity contribution in [2.24, 2.45) is 0 Å². The highest BCUT2D eigenvalue weighted by atomic mass is 16.5. The molecule has 0 fully saturated rings. The molecule has 76 valence electrons. The summed E-state index contributed by atoms with van der Waals surface area (Å²) >= 11 is 0. The van der Waals surface area contributed by atoms with Crippen LogP contribution < -0.4 is 0 Å². The molecule has 0 heterocycles. The first-order chi connectivity index (χ1) is 6.74. The van der Waals surface area contributed by atoms with Crippen molar-refractivity contribution >= 4 is 0 Å². The zero-order chi connectivity index (χ0) is 10.1. The minimum Gasteiger partial charge on any atom is -0.379 e. The molecule has 0 N–H and O–H groups in total. The molecule has 0 aliphatic heterocycles. The van der Waals surface area contributed by atoms with Gasteiger partial charge in [0.2, 0.25) is 0 Å². The molecular formula is C12H17NO. The predicted molar refractivity (Wildman–Crippen MR) is 57.4 cm³/mol. The van der Waals surface area contributed by atoms with Crippen LogP contribution in [0.25, 0.3) is 0 Å². The Labute approximate surface area is 85.5 Å². The molecule has 0 aromatic heterocycles. The molecule has 1 aliphatic carbocycles. The van der Waals surface area contributed by atoms with Crippen molar-refractivity contribution in [1.29, 1.82) is 0 Å². The highest BCUT2D eigenvalue weighted by molar-refractivity contribution is 5.36. The molecule has 0 unspecified atom stereocenters. The number of ether oxygens (including phenoxy) is 1. The first-order valence-corrected chi connectivity index (χ1v) is 5.01. The smallest absolute Gasteiger partial charge is 0.0808 e. The van der Waals surface area contributed by atoms with Crippen LogP contribution in [0.5, 0.6) is 0 Å². The topological polar surface area (TPSA) is 12.5 Å². The molecule has 1 aromatic carbocycles. The van der Waals surface area contributed by atoms with E-state index < -0.39 is 0 Å². The summed E-state index contributed by atoms with van der Waals surface area (Å²) in [6, 6.07) is 9.03. The van der Waals surface area contributed by atoms with Gasteiger partial charge in [-0.2, -0.15) is 0 Å². The van der Waals surface area contributed by atoms with Crippen LogP contribution in [-0.4, -0.2) is 32.2 Å². The Morgan fingerprint density at radius 1 is 1.29 bits per heavy atom. The molecule has 2 nitrogen and oxygen atoms in total. The van der Waals surface area contributed by atoms with Gasteiger partial charge in [0.05, 0.1) is 12.1 Å². The van der Waals surface area contributed by atoms with Gasteiger partial charge in [0.1, 0.15) is 0 Å². The normalized spacial score (nSPS) is 25.4. The van der Waals surface area contributed by atoms with Gasteiger partial charge in [-0.3, -0.25) is 0 Å². The van der Waals surface area contributed by atoms with Crippen molar-refractivity contribution < 1.29 is 4.74 Å². The molecule has 1 aliphatic rings. The number of hydrogen-bond acceptors (Lipinski definition) is 2.